The Labute approximate surface area is 180 Å². The molecule has 29 heavy (non-hydrogen) atoms. The van der Waals surface area contributed by atoms with Crippen molar-refractivity contribution in [2.75, 3.05) is 0 Å². The minimum absolute atomic E-state index is 0.0994. The van der Waals surface area contributed by atoms with Gasteiger partial charge in [-0.25, -0.2) is 4.39 Å². The molecule has 0 radical (unpaired) electrons. The zero-order valence-electron chi connectivity index (χ0n) is 16.4. The van der Waals surface area contributed by atoms with Crippen molar-refractivity contribution in [3.8, 4) is 11.8 Å². The maximum absolute atomic E-state index is 13.7. The van der Waals surface area contributed by atoms with E-state index in [1.54, 1.807) is 25.1 Å². The third-order valence-corrected chi connectivity index (χ3v) is 5.56. The van der Waals surface area contributed by atoms with E-state index in [9.17, 15) is 9.18 Å². The summed E-state index contributed by atoms with van der Waals surface area (Å²) >= 11 is 11.6. The van der Waals surface area contributed by atoms with Gasteiger partial charge in [0, 0.05) is 11.1 Å². The highest BCUT2D eigenvalue weighted by molar-refractivity contribution is 6.55. The van der Waals surface area contributed by atoms with Crippen LogP contribution in [0.15, 0.2) is 59.1 Å². The van der Waals surface area contributed by atoms with Gasteiger partial charge in [0.2, 0.25) is 0 Å². The summed E-state index contributed by atoms with van der Waals surface area (Å²) in [5.41, 5.74) is 1.59. The minimum atomic E-state index is -0.811. The lowest BCUT2D eigenvalue weighted by Crippen LogP contribution is -2.15. The largest absolute Gasteiger partial charge is 0.444 e. The average molecular weight is 431 g/mol. The molecule has 1 saturated carbocycles. The van der Waals surface area contributed by atoms with Crippen LogP contribution in [-0.2, 0) is 9.53 Å². The number of allylic oxidation sites excluding steroid dienone is 1. The van der Waals surface area contributed by atoms with Crippen LogP contribution in [0.4, 0.5) is 4.39 Å². The Balaban J connectivity index is 1.88. The molecule has 1 fully saturated rings. The van der Waals surface area contributed by atoms with Crippen molar-refractivity contribution >= 4 is 29.2 Å². The number of halogens is 3. The Kier molecular flexibility index (Phi) is 6.36. The zero-order chi connectivity index (χ0) is 21.2. The molecule has 5 heteroatoms. The van der Waals surface area contributed by atoms with Crippen LogP contribution in [0.3, 0.4) is 0 Å². The smallest absolute Gasteiger partial charge is 0.311 e. The molecule has 0 saturated heterocycles. The van der Waals surface area contributed by atoms with Crippen LogP contribution in [0.5, 0.6) is 0 Å². The van der Waals surface area contributed by atoms with Crippen molar-refractivity contribution in [3.63, 3.8) is 0 Å². The highest BCUT2D eigenvalue weighted by Gasteiger charge is 2.61. The van der Waals surface area contributed by atoms with E-state index in [-0.39, 0.29) is 33.5 Å². The van der Waals surface area contributed by atoms with Crippen molar-refractivity contribution in [2.45, 2.75) is 26.9 Å². The first-order valence-electron chi connectivity index (χ1n) is 9.26. The fraction of sp³-hybridized carbons (Fsp3) is 0.292. The number of hydrogen-bond acceptors (Lipinski definition) is 2. The SMILES string of the molecule is Cc1cc([C@@H](C#Cc2ccccc2)OC(=O)[C@@H]2[C@H](C=C(Cl)Cl)C2(C)C)ccc1F. The topological polar surface area (TPSA) is 26.3 Å². The molecule has 0 unspecified atom stereocenters. The second-order valence-corrected chi connectivity index (χ2v) is 8.75. The van der Waals surface area contributed by atoms with Crippen LogP contribution in [0.25, 0.3) is 0 Å². The Morgan fingerprint density at radius 3 is 2.52 bits per heavy atom. The molecule has 150 valence electrons. The molecule has 1 aliphatic rings. The monoisotopic (exact) mass is 430 g/mol. The van der Waals surface area contributed by atoms with E-state index in [1.165, 1.54) is 6.07 Å². The molecule has 0 aromatic heterocycles. The highest BCUT2D eigenvalue weighted by Crippen LogP contribution is 2.60. The van der Waals surface area contributed by atoms with Crippen LogP contribution in [0.2, 0.25) is 0 Å². The molecule has 2 nitrogen and oxygen atoms in total. The summed E-state index contributed by atoms with van der Waals surface area (Å²) < 4.78 is 19.6. The van der Waals surface area contributed by atoms with Gasteiger partial charge in [-0.2, -0.15) is 0 Å². The third kappa shape index (κ3) is 5.01. The van der Waals surface area contributed by atoms with Gasteiger partial charge in [-0.05, 0) is 60.1 Å². The van der Waals surface area contributed by atoms with Crippen molar-refractivity contribution in [1.29, 1.82) is 0 Å². The highest BCUT2D eigenvalue weighted by atomic mass is 35.5. The predicted molar refractivity (Wildman–Crippen MR) is 114 cm³/mol. The Morgan fingerprint density at radius 1 is 1.21 bits per heavy atom. The summed E-state index contributed by atoms with van der Waals surface area (Å²) in [7, 11) is 0. The van der Waals surface area contributed by atoms with Gasteiger partial charge in [-0.15, -0.1) is 0 Å². The molecular weight excluding hydrogens is 410 g/mol. The molecule has 0 heterocycles. The molecule has 1 aliphatic carbocycles. The molecule has 3 rings (SSSR count). The minimum Gasteiger partial charge on any atom is -0.444 e. The molecule has 0 N–H and O–H groups in total. The molecule has 3 atom stereocenters. The number of aryl methyl sites for hydroxylation is 1. The standard InChI is InChI=1S/C24H21Cl2FO2/c1-15-13-17(10-11-19(15)27)20(12-9-16-7-5-4-6-8-16)29-23(28)22-18(14-21(25)26)24(22,2)3/h4-8,10-11,13-14,18,20,22H,1-3H3/t18-,20+,22-/m0/s1. The second-order valence-electron chi connectivity index (χ2n) is 7.74. The van der Waals surface area contributed by atoms with Gasteiger partial charge < -0.3 is 4.74 Å². The van der Waals surface area contributed by atoms with Gasteiger partial charge in [-0.3, -0.25) is 4.79 Å². The fourth-order valence-corrected chi connectivity index (χ4v) is 3.72. The van der Waals surface area contributed by atoms with Crippen LogP contribution in [0.1, 0.15) is 36.6 Å². The van der Waals surface area contributed by atoms with Crippen molar-refractivity contribution in [3.05, 3.63) is 81.6 Å². The molecule has 2 aromatic rings. The number of ether oxygens (including phenoxy) is 1. The number of benzene rings is 2. The Morgan fingerprint density at radius 2 is 1.90 bits per heavy atom. The number of rotatable bonds is 4. The van der Waals surface area contributed by atoms with Gasteiger partial charge in [0.15, 0.2) is 6.10 Å². The molecule has 0 bridgehead atoms. The zero-order valence-corrected chi connectivity index (χ0v) is 17.9. The number of esters is 1. The molecule has 0 spiro atoms. The van der Waals surface area contributed by atoms with Gasteiger partial charge in [0.25, 0.3) is 0 Å². The van der Waals surface area contributed by atoms with Gasteiger partial charge in [0.1, 0.15) is 10.3 Å². The lowest BCUT2D eigenvalue weighted by atomic mass is 10.1. The van der Waals surface area contributed by atoms with Crippen LogP contribution in [0, 0.1) is 41.8 Å². The first kappa shape index (κ1) is 21.4. The maximum Gasteiger partial charge on any atom is 0.311 e. The van der Waals surface area contributed by atoms with Gasteiger partial charge in [-0.1, -0.05) is 67.2 Å². The molecule has 0 amide bonds. The summed E-state index contributed by atoms with van der Waals surface area (Å²) in [5, 5.41) is 0. The fourth-order valence-electron chi connectivity index (χ4n) is 3.45. The summed E-state index contributed by atoms with van der Waals surface area (Å²) in [5.74, 6) is 4.89. The van der Waals surface area contributed by atoms with Crippen molar-refractivity contribution in [1.82, 2.24) is 0 Å². The number of hydrogen-bond donors (Lipinski definition) is 0. The van der Waals surface area contributed by atoms with E-state index in [1.807, 2.05) is 44.2 Å². The Hall–Kier alpha value is -2.28. The third-order valence-electron chi connectivity index (χ3n) is 5.31. The summed E-state index contributed by atoms with van der Waals surface area (Å²) in [4.78, 5) is 12.9. The average Bonchev–Trinajstić information content (AvgIpc) is 3.21. The van der Waals surface area contributed by atoms with Gasteiger partial charge in [0.05, 0.1) is 5.92 Å². The van der Waals surface area contributed by atoms with E-state index in [0.717, 1.165) is 5.56 Å². The summed E-state index contributed by atoms with van der Waals surface area (Å²) in [6.07, 6.45) is 0.858. The first-order chi connectivity index (χ1) is 13.7. The van der Waals surface area contributed by atoms with Crippen LogP contribution in [-0.4, -0.2) is 5.97 Å². The Bertz CT molecular complexity index is 999. The van der Waals surface area contributed by atoms with Crippen molar-refractivity contribution < 1.29 is 13.9 Å². The van der Waals surface area contributed by atoms with E-state index in [0.29, 0.717) is 11.1 Å². The van der Waals surface area contributed by atoms with E-state index in [2.05, 4.69) is 11.8 Å². The van der Waals surface area contributed by atoms with Crippen LogP contribution < -0.4 is 0 Å². The van der Waals surface area contributed by atoms with Gasteiger partial charge >= 0.3 is 5.97 Å². The van der Waals surface area contributed by atoms with Crippen LogP contribution >= 0.6 is 23.2 Å². The van der Waals surface area contributed by atoms with Crippen molar-refractivity contribution in [2.24, 2.45) is 17.3 Å². The number of carbonyl (C=O) groups excluding carboxylic acids is 1. The van der Waals surface area contributed by atoms with E-state index < -0.39 is 6.10 Å². The summed E-state index contributed by atoms with van der Waals surface area (Å²) in [6, 6.07) is 14.0. The van der Waals surface area contributed by atoms with E-state index in [4.69, 9.17) is 27.9 Å². The molecular formula is C24H21Cl2FO2. The van der Waals surface area contributed by atoms with E-state index >= 15 is 0 Å². The first-order valence-corrected chi connectivity index (χ1v) is 10.0. The maximum atomic E-state index is 13.7. The predicted octanol–water partition coefficient (Wildman–Crippen LogP) is 6.36. The second kappa shape index (κ2) is 8.61. The quantitative estimate of drug-likeness (QED) is 0.416. The summed E-state index contributed by atoms with van der Waals surface area (Å²) in [6.45, 7) is 5.59. The molecule has 0 aliphatic heterocycles. The lowest BCUT2D eigenvalue weighted by molar-refractivity contribution is -0.149. The number of carbonyl (C=O) groups is 1. The normalized spacial score (nSPS) is 20.1. The molecule has 2 aromatic carbocycles. The lowest BCUT2D eigenvalue weighted by Gasteiger charge is -2.14.